The Kier molecular flexibility index (Phi) is 5.09. The Hall–Kier alpha value is -2.16. The van der Waals surface area contributed by atoms with Gasteiger partial charge in [0, 0.05) is 6.04 Å². The third-order valence-corrected chi connectivity index (χ3v) is 3.42. The zero-order chi connectivity index (χ0) is 15.2. The lowest BCUT2D eigenvalue weighted by molar-refractivity contribution is 0.341. The van der Waals surface area contributed by atoms with Crippen molar-refractivity contribution >= 4 is 5.69 Å². The smallest absolute Gasteiger partial charge is 0.142 e. The van der Waals surface area contributed by atoms with Crippen molar-refractivity contribution < 1.29 is 9.47 Å². The second-order valence-corrected chi connectivity index (χ2v) is 5.07. The molecular weight excluding hydrogens is 262 g/mol. The quantitative estimate of drug-likeness (QED) is 0.843. The summed E-state index contributed by atoms with van der Waals surface area (Å²) in [5.74, 6) is 1.77. The average Bonchev–Trinajstić information content (AvgIpc) is 2.50. The maximum Gasteiger partial charge on any atom is 0.142 e. The summed E-state index contributed by atoms with van der Waals surface area (Å²) in [7, 11) is 1.68. The number of methoxy groups -OCH3 is 1. The monoisotopic (exact) mass is 285 g/mol. The number of ether oxygens (including phenoxy) is 2. The van der Waals surface area contributed by atoms with Crippen LogP contribution < -0.4 is 14.8 Å². The fourth-order valence-corrected chi connectivity index (χ4v) is 2.23. The molecule has 3 nitrogen and oxygen atoms in total. The Morgan fingerprint density at radius 3 is 2.43 bits per heavy atom. The molecule has 0 aliphatic heterocycles. The molecule has 0 heterocycles. The van der Waals surface area contributed by atoms with E-state index in [0.29, 0.717) is 6.61 Å². The Morgan fingerprint density at radius 2 is 1.81 bits per heavy atom. The van der Waals surface area contributed by atoms with Gasteiger partial charge in [0.15, 0.2) is 0 Å². The molecule has 0 radical (unpaired) electrons. The van der Waals surface area contributed by atoms with Crippen molar-refractivity contribution in [2.45, 2.75) is 26.8 Å². The standard InChI is InChI=1S/C18H23NO2/c1-5-21-18-12-13(2)6-11-17(18)19-14(3)15-7-9-16(20-4)10-8-15/h6-12,14,19H,5H2,1-4H3. The first-order valence-corrected chi connectivity index (χ1v) is 7.28. The first-order valence-electron chi connectivity index (χ1n) is 7.28. The largest absolute Gasteiger partial charge is 0.497 e. The summed E-state index contributed by atoms with van der Waals surface area (Å²) in [5.41, 5.74) is 3.42. The van der Waals surface area contributed by atoms with Crippen molar-refractivity contribution in [3.05, 3.63) is 53.6 Å². The van der Waals surface area contributed by atoms with Gasteiger partial charge in [-0.3, -0.25) is 0 Å². The highest BCUT2D eigenvalue weighted by molar-refractivity contribution is 5.58. The Balaban J connectivity index is 2.16. The molecule has 2 rings (SSSR count). The molecule has 0 aliphatic carbocycles. The zero-order valence-electron chi connectivity index (χ0n) is 13.1. The van der Waals surface area contributed by atoms with Crippen LogP contribution in [0.3, 0.4) is 0 Å². The predicted octanol–water partition coefficient (Wildman–Crippen LogP) is 4.58. The van der Waals surface area contributed by atoms with Crippen molar-refractivity contribution in [1.29, 1.82) is 0 Å². The number of anilines is 1. The van der Waals surface area contributed by atoms with Crippen LogP contribution in [0.15, 0.2) is 42.5 Å². The van der Waals surface area contributed by atoms with Gasteiger partial charge >= 0.3 is 0 Å². The van der Waals surface area contributed by atoms with Crippen LogP contribution in [0.25, 0.3) is 0 Å². The van der Waals surface area contributed by atoms with Gasteiger partial charge < -0.3 is 14.8 Å². The van der Waals surface area contributed by atoms with Gasteiger partial charge in [-0.2, -0.15) is 0 Å². The van der Waals surface area contributed by atoms with Crippen LogP contribution in [0, 0.1) is 6.92 Å². The molecule has 0 fully saturated rings. The van der Waals surface area contributed by atoms with E-state index < -0.39 is 0 Å². The highest BCUT2D eigenvalue weighted by Crippen LogP contribution is 2.29. The lowest BCUT2D eigenvalue weighted by Crippen LogP contribution is -2.08. The normalized spacial score (nSPS) is 11.8. The summed E-state index contributed by atoms with van der Waals surface area (Å²) in [5, 5.41) is 3.51. The SMILES string of the molecule is CCOc1cc(C)ccc1NC(C)c1ccc(OC)cc1. The Bertz CT molecular complexity index is 578. The average molecular weight is 285 g/mol. The summed E-state index contributed by atoms with van der Waals surface area (Å²) in [4.78, 5) is 0. The molecule has 0 aromatic heterocycles. The molecule has 0 aliphatic rings. The summed E-state index contributed by atoms with van der Waals surface area (Å²) >= 11 is 0. The Morgan fingerprint density at radius 1 is 1.10 bits per heavy atom. The van der Waals surface area contributed by atoms with Gasteiger partial charge in [-0.1, -0.05) is 18.2 Å². The molecule has 2 aromatic rings. The van der Waals surface area contributed by atoms with Crippen molar-refractivity contribution in [3.63, 3.8) is 0 Å². The molecule has 0 saturated carbocycles. The zero-order valence-corrected chi connectivity index (χ0v) is 13.1. The molecule has 21 heavy (non-hydrogen) atoms. The van der Waals surface area contributed by atoms with E-state index >= 15 is 0 Å². The van der Waals surface area contributed by atoms with Gasteiger partial charge in [0.2, 0.25) is 0 Å². The minimum atomic E-state index is 0.192. The van der Waals surface area contributed by atoms with Gasteiger partial charge in [-0.15, -0.1) is 0 Å². The van der Waals surface area contributed by atoms with Crippen molar-refractivity contribution in [2.75, 3.05) is 19.0 Å². The summed E-state index contributed by atoms with van der Waals surface area (Å²) in [6.07, 6.45) is 0. The number of benzene rings is 2. The molecule has 0 saturated heterocycles. The molecule has 2 aromatic carbocycles. The number of nitrogens with one attached hydrogen (secondary N) is 1. The van der Waals surface area contributed by atoms with E-state index in [9.17, 15) is 0 Å². The van der Waals surface area contributed by atoms with Gasteiger partial charge in [0.05, 0.1) is 19.4 Å². The van der Waals surface area contributed by atoms with Crippen LogP contribution in [-0.2, 0) is 0 Å². The molecule has 112 valence electrons. The maximum absolute atomic E-state index is 5.71. The lowest BCUT2D eigenvalue weighted by Gasteiger charge is -2.19. The molecule has 0 amide bonds. The fourth-order valence-electron chi connectivity index (χ4n) is 2.23. The molecule has 0 bridgehead atoms. The van der Waals surface area contributed by atoms with Crippen LogP contribution in [-0.4, -0.2) is 13.7 Å². The minimum absolute atomic E-state index is 0.192. The van der Waals surface area contributed by atoms with E-state index in [4.69, 9.17) is 9.47 Å². The highest BCUT2D eigenvalue weighted by atomic mass is 16.5. The van der Waals surface area contributed by atoms with Crippen molar-refractivity contribution in [2.24, 2.45) is 0 Å². The third kappa shape index (κ3) is 3.91. The third-order valence-electron chi connectivity index (χ3n) is 3.42. The first-order chi connectivity index (χ1) is 10.1. The van der Waals surface area contributed by atoms with E-state index in [1.54, 1.807) is 7.11 Å². The van der Waals surface area contributed by atoms with Gasteiger partial charge in [0.1, 0.15) is 11.5 Å². The van der Waals surface area contributed by atoms with Crippen LogP contribution in [0.2, 0.25) is 0 Å². The summed E-state index contributed by atoms with van der Waals surface area (Å²) in [6.45, 7) is 6.87. The number of aryl methyl sites for hydroxylation is 1. The summed E-state index contributed by atoms with van der Waals surface area (Å²) in [6, 6.07) is 14.5. The van der Waals surface area contributed by atoms with E-state index in [-0.39, 0.29) is 6.04 Å². The maximum atomic E-state index is 5.71. The molecule has 1 unspecified atom stereocenters. The van der Waals surface area contributed by atoms with Gasteiger partial charge in [-0.05, 0) is 56.2 Å². The van der Waals surface area contributed by atoms with Crippen molar-refractivity contribution in [3.8, 4) is 11.5 Å². The number of hydrogen-bond donors (Lipinski definition) is 1. The molecular formula is C18H23NO2. The second kappa shape index (κ2) is 7.02. The van der Waals surface area contributed by atoms with Gasteiger partial charge in [0.25, 0.3) is 0 Å². The van der Waals surface area contributed by atoms with E-state index in [2.05, 4.69) is 49.5 Å². The van der Waals surface area contributed by atoms with Crippen LogP contribution in [0.4, 0.5) is 5.69 Å². The Labute approximate surface area is 126 Å². The van der Waals surface area contributed by atoms with Crippen LogP contribution >= 0.6 is 0 Å². The summed E-state index contributed by atoms with van der Waals surface area (Å²) < 4.78 is 10.9. The lowest BCUT2D eigenvalue weighted by atomic mass is 10.1. The number of rotatable bonds is 6. The van der Waals surface area contributed by atoms with Crippen molar-refractivity contribution in [1.82, 2.24) is 0 Å². The minimum Gasteiger partial charge on any atom is -0.497 e. The van der Waals surface area contributed by atoms with Crippen LogP contribution in [0.1, 0.15) is 31.0 Å². The molecule has 0 spiro atoms. The topological polar surface area (TPSA) is 30.5 Å². The molecule has 1 atom stereocenters. The van der Waals surface area contributed by atoms with Crippen LogP contribution in [0.5, 0.6) is 11.5 Å². The fraction of sp³-hybridized carbons (Fsp3) is 0.333. The molecule has 3 heteroatoms. The molecule has 1 N–H and O–H groups in total. The highest BCUT2D eigenvalue weighted by Gasteiger charge is 2.09. The predicted molar refractivity (Wildman–Crippen MR) is 87.4 cm³/mol. The van der Waals surface area contributed by atoms with E-state index in [0.717, 1.165) is 17.2 Å². The first kappa shape index (κ1) is 15.2. The van der Waals surface area contributed by atoms with Gasteiger partial charge in [-0.25, -0.2) is 0 Å². The van der Waals surface area contributed by atoms with E-state index in [1.807, 2.05) is 19.1 Å². The van der Waals surface area contributed by atoms with E-state index in [1.165, 1.54) is 11.1 Å². The number of hydrogen-bond acceptors (Lipinski definition) is 3. The second-order valence-electron chi connectivity index (χ2n) is 5.07.